The second kappa shape index (κ2) is 6.69. The number of thiocarbonyl (C=S) groups is 1. The molecule has 0 saturated heterocycles. The summed E-state index contributed by atoms with van der Waals surface area (Å²) in [5.41, 5.74) is 1.21. The molecule has 0 aliphatic rings. The SMILES string of the molecule is CNC(=S)SCCOc1cccc(C)c1. The van der Waals surface area contributed by atoms with Crippen molar-refractivity contribution in [3.05, 3.63) is 29.8 Å². The van der Waals surface area contributed by atoms with Crippen LogP contribution < -0.4 is 10.1 Å². The maximum atomic E-state index is 5.57. The third-order valence-electron chi connectivity index (χ3n) is 1.78. The second-order valence-corrected chi connectivity index (χ2v) is 4.82. The molecule has 4 heteroatoms. The molecule has 1 N–H and O–H groups in total. The lowest BCUT2D eigenvalue weighted by atomic mass is 10.2. The van der Waals surface area contributed by atoms with E-state index in [-0.39, 0.29) is 0 Å². The third-order valence-corrected chi connectivity index (χ3v) is 3.17. The molecular weight excluding hydrogens is 226 g/mol. The van der Waals surface area contributed by atoms with Gasteiger partial charge in [-0.15, -0.1) is 0 Å². The average Bonchev–Trinajstić information content (AvgIpc) is 2.24. The van der Waals surface area contributed by atoms with Gasteiger partial charge in [0.2, 0.25) is 0 Å². The molecule has 0 aromatic heterocycles. The lowest BCUT2D eigenvalue weighted by Crippen LogP contribution is -2.13. The van der Waals surface area contributed by atoms with Crippen molar-refractivity contribution in [1.29, 1.82) is 0 Å². The second-order valence-electron chi connectivity index (χ2n) is 3.05. The monoisotopic (exact) mass is 241 g/mol. The van der Waals surface area contributed by atoms with E-state index in [0.29, 0.717) is 6.61 Å². The Kier molecular flexibility index (Phi) is 5.50. The summed E-state index contributed by atoms with van der Waals surface area (Å²) in [6.45, 7) is 2.73. The van der Waals surface area contributed by atoms with Crippen LogP contribution in [0.15, 0.2) is 24.3 Å². The molecule has 0 fully saturated rings. The van der Waals surface area contributed by atoms with Crippen molar-refractivity contribution < 1.29 is 4.74 Å². The normalized spacial score (nSPS) is 9.73. The Morgan fingerprint density at radius 1 is 1.53 bits per heavy atom. The molecule has 82 valence electrons. The molecule has 1 rings (SSSR count). The summed E-state index contributed by atoms with van der Waals surface area (Å²) < 4.78 is 6.38. The quantitative estimate of drug-likeness (QED) is 0.646. The number of ether oxygens (including phenoxy) is 1. The molecule has 0 aliphatic heterocycles. The predicted molar refractivity (Wildman–Crippen MR) is 70.8 cm³/mol. The molecule has 2 nitrogen and oxygen atoms in total. The molecule has 15 heavy (non-hydrogen) atoms. The number of aryl methyl sites for hydroxylation is 1. The van der Waals surface area contributed by atoms with Gasteiger partial charge in [-0.1, -0.05) is 36.1 Å². The molecule has 1 aromatic carbocycles. The lowest BCUT2D eigenvalue weighted by molar-refractivity contribution is 0.344. The summed E-state index contributed by atoms with van der Waals surface area (Å²) in [7, 11) is 1.83. The fraction of sp³-hybridized carbons (Fsp3) is 0.364. The fourth-order valence-electron chi connectivity index (χ4n) is 1.07. The molecule has 1 aromatic rings. The van der Waals surface area contributed by atoms with E-state index in [2.05, 4.69) is 18.3 Å². The van der Waals surface area contributed by atoms with Gasteiger partial charge in [0.05, 0.1) is 6.61 Å². The molecular formula is C11H15NOS2. The van der Waals surface area contributed by atoms with Gasteiger partial charge in [0.15, 0.2) is 0 Å². The summed E-state index contributed by atoms with van der Waals surface area (Å²) >= 11 is 6.60. The maximum absolute atomic E-state index is 5.57. The number of benzene rings is 1. The van der Waals surface area contributed by atoms with E-state index >= 15 is 0 Å². The fourth-order valence-corrected chi connectivity index (χ4v) is 1.82. The molecule has 0 saturated carbocycles. The predicted octanol–water partition coefficient (Wildman–Crippen LogP) is 2.61. The molecule has 0 atom stereocenters. The van der Waals surface area contributed by atoms with E-state index in [1.165, 1.54) is 5.56 Å². The summed E-state index contributed by atoms with van der Waals surface area (Å²) in [6, 6.07) is 8.04. The zero-order chi connectivity index (χ0) is 11.1. The topological polar surface area (TPSA) is 21.3 Å². The van der Waals surface area contributed by atoms with Gasteiger partial charge in [-0.05, 0) is 24.6 Å². The van der Waals surface area contributed by atoms with E-state index in [9.17, 15) is 0 Å². The Hall–Kier alpha value is -0.740. The zero-order valence-corrected chi connectivity index (χ0v) is 10.6. The van der Waals surface area contributed by atoms with Crippen molar-refractivity contribution in [2.24, 2.45) is 0 Å². The molecule has 0 heterocycles. The summed E-state index contributed by atoms with van der Waals surface area (Å²) in [4.78, 5) is 0. The number of hydrogen-bond donors (Lipinski definition) is 1. The van der Waals surface area contributed by atoms with Crippen LogP contribution in [0.3, 0.4) is 0 Å². The lowest BCUT2D eigenvalue weighted by Gasteiger charge is -2.06. The van der Waals surface area contributed by atoms with Gasteiger partial charge < -0.3 is 10.1 Å². The van der Waals surface area contributed by atoms with Crippen LogP contribution in [-0.2, 0) is 0 Å². The van der Waals surface area contributed by atoms with Crippen molar-refractivity contribution in [2.45, 2.75) is 6.92 Å². The van der Waals surface area contributed by atoms with E-state index in [4.69, 9.17) is 17.0 Å². The van der Waals surface area contributed by atoms with E-state index in [1.807, 2.05) is 25.2 Å². The minimum Gasteiger partial charge on any atom is -0.493 e. The first kappa shape index (κ1) is 12.3. The minimum absolute atomic E-state index is 0.677. The van der Waals surface area contributed by atoms with Crippen LogP contribution in [0.25, 0.3) is 0 Å². The summed E-state index contributed by atoms with van der Waals surface area (Å²) in [5, 5.41) is 2.91. The van der Waals surface area contributed by atoms with Crippen LogP contribution in [-0.4, -0.2) is 23.7 Å². The highest BCUT2D eigenvalue weighted by atomic mass is 32.2. The number of thioether (sulfide) groups is 1. The largest absolute Gasteiger partial charge is 0.493 e. The van der Waals surface area contributed by atoms with Crippen LogP contribution in [0.5, 0.6) is 5.75 Å². The molecule has 0 spiro atoms. The highest BCUT2D eigenvalue weighted by molar-refractivity contribution is 8.22. The number of rotatable bonds is 4. The highest BCUT2D eigenvalue weighted by Gasteiger charge is 1.96. The number of nitrogens with one attached hydrogen (secondary N) is 1. The maximum Gasteiger partial charge on any atom is 0.133 e. The highest BCUT2D eigenvalue weighted by Crippen LogP contribution is 2.12. The van der Waals surface area contributed by atoms with Crippen molar-refractivity contribution in [3.63, 3.8) is 0 Å². The van der Waals surface area contributed by atoms with Crippen LogP contribution >= 0.6 is 24.0 Å². The molecule has 0 bridgehead atoms. The Morgan fingerprint density at radius 2 is 2.33 bits per heavy atom. The third kappa shape index (κ3) is 5.04. The average molecular weight is 241 g/mol. The Morgan fingerprint density at radius 3 is 3.00 bits per heavy atom. The van der Waals surface area contributed by atoms with Gasteiger partial charge in [0.25, 0.3) is 0 Å². The first-order valence-corrected chi connectivity index (χ1v) is 6.15. The van der Waals surface area contributed by atoms with Crippen LogP contribution in [0, 0.1) is 6.92 Å². The van der Waals surface area contributed by atoms with E-state index < -0.39 is 0 Å². The first-order valence-electron chi connectivity index (χ1n) is 4.76. The summed E-state index contributed by atoms with van der Waals surface area (Å²) in [6.07, 6.45) is 0. The van der Waals surface area contributed by atoms with Crippen molar-refractivity contribution in [1.82, 2.24) is 5.32 Å². The van der Waals surface area contributed by atoms with E-state index in [0.717, 1.165) is 15.8 Å². The van der Waals surface area contributed by atoms with Gasteiger partial charge in [-0.25, -0.2) is 0 Å². The smallest absolute Gasteiger partial charge is 0.133 e. The first-order chi connectivity index (χ1) is 7.22. The number of hydrogen-bond acceptors (Lipinski definition) is 3. The molecule has 0 radical (unpaired) electrons. The van der Waals surface area contributed by atoms with Crippen molar-refractivity contribution in [3.8, 4) is 5.75 Å². The van der Waals surface area contributed by atoms with Gasteiger partial charge in [0, 0.05) is 12.8 Å². The van der Waals surface area contributed by atoms with Gasteiger partial charge in [-0.3, -0.25) is 0 Å². The Bertz CT molecular complexity index is 328. The van der Waals surface area contributed by atoms with Crippen LogP contribution in [0.1, 0.15) is 5.56 Å². The van der Waals surface area contributed by atoms with Crippen molar-refractivity contribution in [2.75, 3.05) is 19.4 Å². The molecule has 0 aliphatic carbocycles. The van der Waals surface area contributed by atoms with Crippen LogP contribution in [0.4, 0.5) is 0 Å². The van der Waals surface area contributed by atoms with E-state index in [1.54, 1.807) is 11.8 Å². The van der Waals surface area contributed by atoms with Gasteiger partial charge in [-0.2, -0.15) is 0 Å². The molecule has 0 amide bonds. The zero-order valence-electron chi connectivity index (χ0n) is 8.95. The Balaban J connectivity index is 2.23. The van der Waals surface area contributed by atoms with Crippen molar-refractivity contribution >= 4 is 28.3 Å². The summed E-state index contributed by atoms with van der Waals surface area (Å²) in [5.74, 6) is 1.79. The minimum atomic E-state index is 0.677. The Labute approximate surface area is 100 Å². The standard InChI is InChI=1S/C11H15NOS2/c1-9-4-3-5-10(8-9)13-6-7-15-11(14)12-2/h3-5,8H,6-7H2,1-2H3,(H,12,14). The van der Waals surface area contributed by atoms with Gasteiger partial charge in [0.1, 0.15) is 10.1 Å². The molecule has 0 unspecified atom stereocenters. The van der Waals surface area contributed by atoms with Crippen LogP contribution in [0.2, 0.25) is 0 Å². The van der Waals surface area contributed by atoms with Gasteiger partial charge >= 0.3 is 0 Å².